The molecule has 4 nitrogen and oxygen atoms in total. The van der Waals surface area contributed by atoms with E-state index < -0.39 is 21.5 Å². The quantitative estimate of drug-likeness (QED) is 0.626. The van der Waals surface area contributed by atoms with E-state index in [1.54, 1.807) is 0 Å². The molecule has 13 heavy (non-hydrogen) atoms. The molecule has 0 spiro atoms. The predicted molar refractivity (Wildman–Crippen MR) is 47.3 cm³/mol. The number of hydrogen-bond acceptors (Lipinski definition) is 4. The third kappa shape index (κ3) is 2.65. The van der Waals surface area contributed by atoms with E-state index in [-0.39, 0.29) is 0 Å². The summed E-state index contributed by atoms with van der Waals surface area (Å²) in [6.07, 6.45) is 1.64. The van der Waals surface area contributed by atoms with Crippen molar-refractivity contribution in [3.63, 3.8) is 0 Å². The van der Waals surface area contributed by atoms with Gasteiger partial charge >= 0.3 is 0 Å². The largest absolute Gasteiger partial charge is 0.748 e. The van der Waals surface area contributed by atoms with Crippen molar-refractivity contribution in [3.05, 3.63) is 0 Å². The van der Waals surface area contributed by atoms with E-state index in [4.69, 9.17) is 4.74 Å². The Labute approximate surface area is 79.0 Å². The molecule has 0 N–H and O–H groups in total. The van der Waals surface area contributed by atoms with E-state index in [0.717, 1.165) is 6.42 Å². The van der Waals surface area contributed by atoms with Gasteiger partial charge in [0.1, 0.15) is 10.1 Å². The second-order valence-electron chi connectivity index (χ2n) is 3.72. The van der Waals surface area contributed by atoms with Gasteiger partial charge in [0, 0.05) is 7.11 Å². The van der Waals surface area contributed by atoms with Crippen LogP contribution in [0, 0.1) is 5.92 Å². The molecule has 1 rings (SSSR count). The second kappa shape index (κ2) is 3.94. The summed E-state index contributed by atoms with van der Waals surface area (Å²) in [5, 5.41) is -0.846. The van der Waals surface area contributed by atoms with Gasteiger partial charge in [0.2, 0.25) is 0 Å². The smallest absolute Gasteiger partial charge is 0.100 e. The van der Waals surface area contributed by atoms with Crippen LogP contribution in [0.2, 0.25) is 0 Å². The van der Waals surface area contributed by atoms with Gasteiger partial charge in [-0.3, -0.25) is 0 Å². The molecule has 0 aromatic carbocycles. The van der Waals surface area contributed by atoms with Crippen LogP contribution in [0.25, 0.3) is 0 Å². The maximum atomic E-state index is 10.9. The number of rotatable bonds is 2. The van der Waals surface area contributed by atoms with Crippen molar-refractivity contribution in [3.8, 4) is 0 Å². The molecule has 0 heterocycles. The number of hydrogen-bond donors (Lipinski definition) is 0. The Bertz CT molecular complexity index is 259. The molecule has 0 amide bonds. The van der Waals surface area contributed by atoms with Crippen LogP contribution in [0.4, 0.5) is 0 Å². The first-order valence-corrected chi connectivity index (χ1v) is 5.89. The molecule has 0 bridgehead atoms. The van der Waals surface area contributed by atoms with Gasteiger partial charge in [-0.05, 0) is 25.2 Å². The van der Waals surface area contributed by atoms with Crippen molar-refractivity contribution in [2.45, 2.75) is 37.5 Å². The van der Waals surface area contributed by atoms with E-state index in [2.05, 4.69) is 0 Å². The van der Waals surface area contributed by atoms with Crippen LogP contribution in [0.3, 0.4) is 0 Å². The van der Waals surface area contributed by atoms with Gasteiger partial charge in [0.15, 0.2) is 0 Å². The lowest BCUT2D eigenvalue weighted by Gasteiger charge is -2.35. The molecule has 1 aliphatic carbocycles. The van der Waals surface area contributed by atoms with Crippen LogP contribution in [0.5, 0.6) is 0 Å². The molecule has 1 fully saturated rings. The second-order valence-corrected chi connectivity index (χ2v) is 5.31. The predicted octanol–water partition coefficient (Wildman–Crippen LogP) is 0.735. The van der Waals surface area contributed by atoms with E-state index in [9.17, 15) is 13.0 Å². The number of ether oxygens (including phenoxy) is 1. The summed E-state index contributed by atoms with van der Waals surface area (Å²) in [4.78, 5) is 0. The molecule has 0 aromatic rings. The molecule has 3 atom stereocenters. The summed E-state index contributed by atoms with van der Waals surface area (Å²) < 4.78 is 37.6. The third-order valence-corrected chi connectivity index (χ3v) is 3.90. The van der Waals surface area contributed by atoms with Crippen molar-refractivity contribution >= 4 is 10.1 Å². The number of methoxy groups -OCH3 is 1. The van der Waals surface area contributed by atoms with Crippen molar-refractivity contribution in [2.24, 2.45) is 5.92 Å². The van der Waals surface area contributed by atoms with Gasteiger partial charge in [-0.25, -0.2) is 8.42 Å². The Morgan fingerprint density at radius 2 is 2.00 bits per heavy atom. The molecule has 0 saturated heterocycles. The first-order valence-electron chi connectivity index (χ1n) is 4.42. The molecular weight excluding hydrogens is 192 g/mol. The Balaban J connectivity index is 2.77. The molecular formula is C8H15O4S-. The van der Waals surface area contributed by atoms with Crippen LogP contribution in [-0.4, -0.2) is 31.4 Å². The van der Waals surface area contributed by atoms with Crippen LogP contribution >= 0.6 is 0 Å². The summed E-state index contributed by atoms with van der Waals surface area (Å²) in [6, 6.07) is 0. The first kappa shape index (κ1) is 10.9. The Kier molecular flexibility index (Phi) is 3.32. The summed E-state index contributed by atoms with van der Waals surface area (Å²) in [5.74, 6) is 0.306. The molecule has 3 unspecified atom stereocenters. The molecule has 0 aromatic heterocycles. The van der Waals surface area contributed by atoms with Crippen LogP contribution < -0.4 is 0 Å². The third-order valence-electron chi connectivity index (χ3n) is 2.67. The van der Waals surface area contributed by atoms with Gasteiger partial charge in [0.05, 0.1) is 11.4 Å². The van der Waals surface area contributed by atoms with Gasteiger partial charge in [-0.15, -0.1) is 0 Å². The van der Waals surface area contributed by atoms with Gasteiger partial charge in [-0.2, -0.15) is 0 Å². The summed E-state index contributed by atoms with van der Waals surface area (Å²) in [7, 11) is -2.74. The van der Waals surface area contributed by atoms with Crippen LogP contribution in [0.15, 0.2) is 0 Å². The van der Waals surface area contributed by atoms with Crippen LogP contribution in [-0.2, 0) is 14.9 Å². The van der Waals surface area contributed by atoms with Gasteiger partial charge < -0.3 is 9.29 Å². The summed E-state index contributed by atoms with van der Waals surface area (Å²) in [6.45, 7) is 1.96. The van der Waals surface area contributed by atoms with Gasteiger partial charge in [0.25, 0.3) is 0 Å². The molecule has 1 saturated carbocycles. The zero-order valence-electron chi connectivity index (χ0n) is 7.89. The fourth-order valence-electron chi connectivity index (χ4n) is 1.87. The van der Waals surface area contributed by atoms with Crippen molar-refractivity contribution < 1.29 is 17.7 Å². The van der Waals surface area contributed by atoms with Gasteiger partial charge in [-0.1, -0.05) is 6.92 Å². The van der Waals surface area contributed by atoms with E-state index in [0.29, 0.717) is 18.8 Å². The Morgan fingerprint density at radius 3 is 2.46 bits per heavy atom. The summed E-state index contributed by atoms with van der Waals surface area (Å²) >= 11 is 0. The Hall–Kier alpha value is -0.130. The van der Waals surface area contributed by atoms with Crippen LogP contribution in [0.1, 0.15) is 26.2 Å². The Morgan fingerprint density at radius 1 is 1.38 bits per heavy atom. The molecule has 5 heteroatoms. The van der Waals surface area contributed by atoms with Crippen molar-refractivity contribution in [1.82, 2.24) is 0 Å². The van der Waals surface area contributed by atoms with E-state index in [1.807, 2.05) is 6.92 Å². The minimum Gasteiger partial charge on any atom is -0.748 e. The maximum Gasteiger partial charge on any atom is 0.100 e. The SMILES string of the molecule is COC1CCC(C)CC1S(=O)(=O)[O-]. The molecule has 1 aliphatic rings. The standard InChI is InChI=1S/C8H16O4S/c1-6-3-4-7(12-2)8(5-6)13(9,10)11/h6-8H,3-5H2,1-2H3,(H,9,10,11)/p-1. The lowest BCUT2D eigenvalue weighted by Crippen LogP contribution is -2.40. The fourth-order valence-corrected chi connectivity index (χ4v) is 3.06. The lowest BCUT2D eigenvalue weighted by molar-refractivity contribution is 0.0599. The van der Waals surface area contributed by atoms with Crippen molar-refractivity contribution in [2.75, 3.05) is 7.11 Å². The highest BCUT2D eigenvalue weighted by atomic mass is 32.2. The zero-order chi connectivity index (χ0) is 10.1. The average Bonchev–Trinajstić information content (AvgIpc) is 2.03. The normalized spacial score (nSPS) is 36.1. The van der Waals surface area contributed by atoms with E-state index in [1.165, 1.54) is 7.11 Å². The monoisotopic (exact) mass is 207 g/mol. The molecule has 78 valence electrons. The highest BCUT2D eigenvalue weighted by Crippen LogP contribution is 2.29. The minimum atomic E-state index is -4.20. The maximum absolute atomic E-state index is 10.9. The first-order chi connectivity index (χ1) is 5.95. The van der Waals surface area contributed by atoms with Crippen molar-refractivity contribution in [1.29, 1.82) is 0 Å². The lowest BCUT2D eigenvalue weighted by atomic mass is 9.88. The average molecular weight is 207 g/mol. The highest BCUT2D eigenvalue weighted by molar-refractivity contribution is 7.86. The topological polar surface area (TPSA) is 66.4 Å². The summed E-state index contributed by atoms with van der Waals surface area (Å²) in [5.41, 5.74) is 0. The zero-order valence-corrected chi connectivity index (χ0v) is 8.71. The molecule has 0 radical (unpaired) electrons. The van der Waals surface area contributed by atoms with E-state index >= 15 is 0 Å². The molecule has 0 aliphatic heterocycles. The fraction of sp³-hybridized carbons (Fsp3) is 1.00. The highest BCUT2D eigenvalue weighted by Gasteiger charge is 2.32. The minimum absolute atomic E-state index is 0.306.